The van der Waals surface area contributed by atoms with Crippen molar-refractivity contribution in [1.29, 1.82) is 0 Å². The van der Waals surface area contributed by atoms with Gasteiger partial charge >= 0.3 is 5.63 Å². The molecule has 8 heteroatoms. The first kappa shape index (κ1) is 24.3. The van der Waals surface area contributed by atoms with Crippen LogP contribution < -0.4 is 15.7 Å². The molecule has 4 rings (SSSR count). The fourth-order valence-corrected chi connectivity index (χ4v) is 3.00. The predicted octanol–water partition coefficient (Wildman–Crippen LogP) is 5.01. The molecular formula is C23H21Cl2FN2O3. The highest BCUT2D eigenvalue weighted by Gasteiger charge is 2.02. The summed E-state index contributed by atoms with van der Waals surface area (Å²) in [6, 6.07) is 16.9. The van der Waals surface area contributed by atoms with Crippen LogP contribution in [-0.4, -0.2) is 18.1 Å². The molecule has 0 bridgehead atoms. The summed E-state index contributed by atoms with van der Waals surface area (Å²) in [6.45, 7) is 1.80. The first-order valence-electron chi connectivity index (χ1n) is 9.25. The van der Waals surface area contributed by atoms with Gasteiger partial charge in [0, 0.05) is 42.5 Å². The number of fused-ring (bicyclic) bond motifs is 1. The molecule has 1 N–H and O–H groups in total. The van der Waals surface area contributed by atoms with Gasteiger partial charge in [0.15, 0.2) is 0 Å². The Bertz CT molecular complexity index is 1180. The number of pyridine rings is 1. The van der Waals surface area contributed by atoms with Crippen LogP contribution in [0.25, 0.3) is 22.1 Å². The Hall–Kier alpha value is -2.93. The van der Waals surface area contributed by atoms with Crippen LogP contribution in [0.2, 0.25) is 0 Å². The lowest BCUT2D eigenvalue weighted by Crippen LogP contribution is -2.20. The predicted molar refractivity (Wildman–Crippen MR) is 124 cm³/mol. The van der Waals surface area contributed by atoms with Crippen molar-refractivity contribution in [3.8, 4) is 16.9 Å². The zero-order valence-electron chi connectivity index (χ0n) is 16.4. The van der Waals surface area contributed by atoms with Crippen LogP contribution >= 0.6 is 24.8 Å². The molecule has 4 aromatic rings. The van der Waals surface area contributed by atoms with E-state index < -0.39 is 0 Å². The van der Waals surface area contributed by atoms with Gasteiger partial charge in [-0.05, 0) is 53.6 Å². The van der Waals surface area contributed by atoms with E-state index >= 15 is 0 Å². The number of benzene rings is 2. The second-order valence-corrected chi connectivity index (χ2v) is 6.57. The summed E-state index contributed by atoms with van der Waals surface area (Å²) >= 11 is 0. The molecule has 0 fully saturated rings. The zero-order chi connectivity index (χ0) is 20.1. The smallest absolute Gasteiger partial charge is 0.336 e. The molecule has 5 nitrogen and oxygen atoms in total. The van der Waals surface area contributed by atoms with Gasteiger partial charge in [-0.15, -0.1) is 24.8 Å². The minimum atomic E-state index is -0.367. The Morgan fingerprint density at radius 2 is 1.74 bits per heavy atom. The van der Waals surface area contributed by atoms with E-state index in [1.165, 1.54) is 18.2 Å². The number of nitrogens with zero attached hydrogens (tertiary/aromatic N) is 1. The summed E-state index contributed by atoms with van der Waals surface area (Å²) in [4.78, 5) is 15.5. The van der Waals surface area contributed by atoms with Crippen LogP contribution in [0.4, 0.5) is 4.39 Å². The molecule has 0 aliphatic heterocycles. The average Bonchev–Trinajstić information content (AvgIpc) is 2.74. The summed E-state index contributed by atoms with van der Waals surface area (Å²) < 4.78 is 23.9. The van der Waals surface area contributed by atoms with Gasteiger partial charge in [-0.25, -0.2) is 9.18 Å². The summed E-state index contributed by atoms with van der Waals surface area (Å²) in [5.74, 6) is 0.462. The van der Waals surface area contributed by atoms with E-state index in [2.05, 4.69) is 10.3 Å². The third-order valence-electron chi connectivity index (χ3n) is 4.44. The molecule has 0 radical (unpaired) electrons. The minimum absolute atomic E-state index is 0. The quantitative estimate of drug-likeness (QED) is 0.309. The van der Waals surface area contributed by atoms with E-state index in [0.29, 0.717) is 31.0 Å². The van der Waals surface area contributed by atoms with Crippen molar-refractivity contribution in [2.75, 3.05) is 13.2 Å². The van der Waals surface area contributed by atoms with Crippen molar-refractivity contribution in [3.63, 3.8) is 0 Å². The number of hydrogen-bond donors (Lipinski definition) is 1. The topological polar surface area (TPSA) is 64.4 Å². The third kappa shape index (κ3) is 6.52. The summed E-state index contributed by atoms with van der Waals surface area (Å²) in [5.41, 5.74) is 3.08. The number of rotatable bonds is 7. The maximum atomic E-state index is 13.1. The lowest BCUT2D eigenvalue weighted by atomic mass is 10.1. The molecule has 2 aromatic heterocycles. The molecule has 2 heterocycles. The van der Waals surface area contributed by atoms with Gasteiger partial charge in [-0.3, -0.25) is 4.98 Å². The van der Waals surface area contributed by atoms with Gasteiger partial charge in [0.1, 0.15) is 23.8 Å². The maximum Gasteiger partial charge on any atom is 0.336 e. The highest BCUT2D eigenvalue weighted by molar-refractivity contribution is 5.85. The van der Waals surface area contributed by atoms with Crippen molar-refractivity contribution in [2.24, 2.45) is 0 Å². The number of halogens is 3. The molecule has 0 aliphatic rings. The second kappa shape index (κ2) is 11.5. The Labute approximate surface area is 191 Å². The highest BCUT2D eigenvalue weighted by atomic mass is 35.5. The number of ether oxygens (including phenoxy) is 1. The maximum absolute atomic E-state index is 13.1. The van der Waals surface area contributed by atoms with Crippen LogP contribution in [0, 0.1) is 5.82 Å². The normalized spacial score (nSPS) is 10.2. The Kier molecular flexibility index (Phi) is 9.00. The van der Waals surface area contributed by atoms with E-state index in [9.17, 15) is 9.18 Å². The van der Waals surface area contributed by atoms with Gasteiger partial charge < -0.3 is 14.5 Å². The molecule has 0 atom stereocenters. The van der Waals surface area contributed by atoms with Gasteiger partial charge in [0.05, 0.1) is 0 Å². The van der Waals surface area contributed by atoms with E-state index in [1.807, 2.05) is 12.1 Å². The summed E-state index contributed by atoms with van der Waals surface area (Å²) in [5, 5.41) is 4.14. The van der Waals surface area contributed by atoms with Crippen LogP contribution in [0.1, 0.15) is 5.56 Å². The lowest BCUT2D eigenvalue weighted by molar-refractivity contribution is 0.314. The van der Waals surface area contributed by atoms with Gasteiger partial charge in [0.25, 0.3) is 0 Å². The molecule has 0 unspecified atom stereocenters. The number of nitrogens with one attached hydrogen (secondary N) is 1. The van der Waals surface area contributed by atoms with Gasteiger partial charge in [-0.2, -0.15) is 0 Å². The Morgan fingerprint density at radius 3 is 2.55 bits per heavy atom. The van der Waals surface area contributed by atoms with Crippen LogP contribution in [0.15, 0.2) is 82.3 Å². The highest BCUT2D eigenvalue weighted by Crippen LogP contribution is 2.20. The van der Waals surface area contributed by atoms with E-state index in [0.717, 1.165) is 22.1 Å². The molecule has 0 spiro atoms. The Balaban J connectivity index is 0.00000171. The first-order chi connectivity index (χ1) is 14.2. The molecule has 0 aliphatic carbocycles. The molecule has 0 saturated carbocycles. The van der Waals surface area contributed by atoms with Crippen molar-refractivity contribution < 1.29 is 13.5 Å². The molecule has 0 amide bonds. The van der Waals surface area contributed by atoms with E-state index in [1.54, 1.807) is 42.7 Å². The SMILES string of the molecule is Cl.Cl.O=c1ccc2cc(OCCNCc3cncc(-c4ccc(F)cc4)c3)ccc2o1. The zero-order valence-corrected chi connectivity index (χ0v) is 18.0. The third-order valence-corrected chi connectivity index (χ3v) is 4.44. The fraction of sp³-hybridized carbons (Fsp3) is 0.130. The van der Waals surface area contributed by atoms with Crippen molar-refractivity contribution in [2.45, 2.75) is 6.54 Å². The standard InChI is InChI=1S/C23H19FN2O3.2ClH/c24-20-4-1-17(2-5-20)19-11-16(14-26-15-19)13-25-9-10-28-21-6-7-22-18(12-21)3-8-23(27)29-22;;/h1-8,11-12,14-15,25H,9-10,13H2;2*1H. The van der Waals surface area contributed by atoms with Gasteiger partial charge in [-0.1, -0.05) is 12.1 Å². The monoisotopic (exact) mass is 462 g/mol. The summed E-state index contributed by atoms with van der Waals surface area (Å²) in [6.07, 6.45) is 3.57. The van der Waals surface area contributed by atoms with Crippen molar-refractivity contribution in [3.05, 3.63) is 94.9 Å². The van der Waals surface area contributed by atoms with E-state index in [4.69, 9.17) is 9.15 Å². The number of aromatic nitrogens is 1. The van der Waals surface area contributed by atoms with Crippen LogP contribution in [-0.2, 0) is 6.54 Å². The number of hydrogen-bond acceptors (Lipinski definition) is 5. The van der Waals surface area contributed by atoms with Crippen molar-refractivity contribution in [1.82, 2.24) is 10.3 Å². The van der Waals surface area contributed by atoms with Gasteiger partial charge in [0.2, 0.25) is 0 Å². The molecule has 162 valence electrons. The summed E-state index contributed by atoms with van der Waals surface area (Å²) in [7, 11) is 0. The lowest BCUT2D eigenvalue weighted by Gasteiger charge is -2.09. The molecular weight excluding hydrogens is 442 g/mol. The fourth-order valence-electron chi connectivity index (χ4n) is 3.00. The first-order valence-corrected chi connectivity index (χ1v) is 9.25. The Morgan fingerprint density at radius 1 is 0.935 bits per heavy atom. The van der Waals surface area contributed by atoms with Crippen molar-refractivity contribution >= 4 is 35.8 Å². The largest absolute Gasteiger partial charge is 0.492 e. The van der Waals surface area contributed by atoms with Crippen LogP contribution in [0.5, 0.6) is 5.75 Å². The second-order valence-electron chi connectivity index (χ2n) is 6.57. The molecule has 31 heavy (non-hydrogen) atoms. The molecule has 0 saturated heterocycles. The van der Waals surface area contributed by atoms with E-state index in [-0.39, 0.29) is 36.3 Å². The van der Waals surface area contributed by atoms with Crippen LogP contribution in [0.3, 0.4) is 0 Å². The molecule has 2 aromatic carbocycles. The average molecular weight is 463 g/mol. The minimum Gasteiger partial charge on any atom is -0.492 e.